The quantitative estimate of drug-likeness (QED) is 0.832. The molecule has 27 heavy (non-hydrogen) atoms. The lowest BCUT2D eigenvalue weighted by Gasteiger charge is -2.35. The summed E-state index contributed by atoms with van der Waals surface area (Å²) in [5.74, 6) is -0.903. The molecular weight excluding hydrogens is 364 g/mol. The fourth-order valence-corrected chi connectivity index (χ4v) is 4.09. The minimum absolute atomic E-state index is 0.135. The second-order valence-corrected chi connectivity index (χ2v) is 7.33. The van der Waals surface area contributed by atoms with Gasteiger partial charge in [-0.2, -0.15) is 0 Å². The van der Waals surface area contributed by atoms with E-state index in [1.807, 2.05) is 13.0 Å². The van der Waals surface area contributed by atoms with Crippen LogP contribution in [0.4, 0.5) is 5.69 Å². The van der Waals surface area contributed by atoms with E-state index in [2.05, 4.69) is 10.3 Å². The summed E-state index contributed by atoms with van der Waals surface area (Å²) in [5, 5.41) is 3.50. The molecule has 1 saturated carbocycles. The molecule has 1 aliphatic carbocycles. The summed E-state index contributed by atoms with van der Waals surface area (Å²) < 4.78 is 5.26. The summed E-state index contributed by atoms with van der Waals surface area (Å²) in [6, 6.07) is 8.73. The second-order valence-electron chi connectivity index (χ2n) is 6.90. The molecule has 6 heteroatoms. The molecule has 0 bridgehead atoms. The number of allylic oxidation sites excluding steroid dienone is 1. The number of amides is 1. The molecule has 1 amide bonds. The van der Waals surface area contributed by atoms with E-state index >= 15 is 0 Å². The van der Waals surface area contributed by atoms with Crippen molar-refractivity contribution < 1.29 is 14.0 Å². The normalized spacial score (nSPS) is 22.3. The van der Waals surface area contributed by atoms with Crippen molar-refractivity contribution in [1.29, 1.82) is 0 Å². The number of furan rings is 1. The van der Waals surface area contributed by atoms with Gasteiger partial charge in [-0.25, -0.2) is 0 Å². The van der Waals surface area contributed by atoms with Crippen LogP contribution in [0.3, 0.4) is 0 Å². The zero-order valence-electron chi connectivity index (χ0n) is 14.9. The first-order valence-corrected chi connectivity index (χ1v) is 9.32. The minimum atomic E-state index is -0.397. The van der Waals surface area contributed by atoms with Crippen LogP contribution in [-0.2, 0) is 9.59 Å². The Morgan fingerprint density at radius 2 is 1.96 bits per heavy atom. The van der Waals surface area contributed by atoms with E-state index in [1.165, 1.54) is 0 Å². The maximum atomic E-state index is 13.1. The largest absolute Gasteiger partial charge is 0.472 e. The summed E-state index contributed by atoms with van der Waals surface area (Å²) in [4.78, 5) is 30.5. The predicted octanol–water partition coefficient (Wildman–Crippen LogP) is 4.75. The third-order valence-electron chi connectivity index (χ3n) is 5.16. The Bertz CT molecular complexity index is 942. The van der Waals surface area contributed by atoms with Gasteiger partial charge < -0.3 is 9.73 Å². The van der Waals surface area contributed by atoms with E-state index in [0.29, 0.717) is 28.4 Å². The minimum Gasteiger partial charge on any atom is -0.472 e. The fourth-order valence-electron chi connectivity index (χ4n) is 3.96. The number of aliphatic imine (C=N–C) groups is 1. The Labute approximate surface area is 162 Å². The Morgan fingerprint density at radius 3 is 2.67 bits per heavy atom. The van der Waals surface area contributed by atoms with E-state index in [9.17, 15) is 9.59 Å². The highest BCUT2D eigenvalue weighted by molar-refractivity contribution is 6.30. The number of fused-ring (bicyclic) bond motifs is 1. The van der Waals surface area contributed by atoms with Crippen molar-refractivity contribution in [3.8, 4) is 0 Å². The molecule has 2 aromatic rings. The van der Waals surface area contributed by atoms with Gasteiger partial charge in [-0.1, -0.05) is 11.6 Å². The van der Waals surface area contributed by atoms with Gasteiger partial charge in [-0.15, -0.1) is 0 Å². The second kappa shape index (κ2) is 7.16. The first kappa shape index (κ1) is 17.7. The van der Waals surface area contributed by atoms with Gasteiger partial charge >= 0.3 is 0 Å². The van der Waals surface area contributed by atoms with Crippen molar-refractivity contribution in [3.63, 3.8) is 0 Å². The number of nitrogens with zero attached hydrogens (tertiary/aromatic N) is 1. The van der Waals surface area contributed by atoms with Crippen molar-refractivity contribution in [2.24, 2.45) is 10.9 Å². The molecule has 0 spiro atoms. The van der Waals surface area contributed by atoms with Gasteiger partial charge in [0.15, 0.2) is 0 Å². The monoisotopic (exact) mass is 382 g/mol. The van der Waals surface area contributed by atoms with Crippen LogP contribution in [0.25, 0.3) is 0 Å². The molecule has 5 nitrogen and oxygen atoms in total. The van der Waals surface area contributed by atoms with Crippen LogP contribution < -0.4 is 5.32 Å². The molecule has 0 saturated heterocycles. The SMILES string of the molecule is CC1=C(C(=O)Nc2ccc(Cl)cc2)C(c2ccoc2)C2C(=O)CCCC2=N1. The number of hydrogen-bond acceptors (Lipinski definition) is 4. The first-order valence-electron chi connectivity index (χ1n) is 8.94. The van der Waals surface area contributed by atoms with Gasteiger partial charge in [0.1, 0.15) is 5.78 Å². The fraction of sp³-hybridized carbons (Fsp3) is 0.286. The lowest BCUT2D eigenvalue weighted by Crippen LogP contribution is -2.39. The molecule has 2 aliphatic rings. The number of halogens is 1. The smallest absolute Gasteiger partial charge is 0.254 e. The molecule has 1 fully saturated rings. The number of carbonyl (C=O) groups excluding carboxylic acids is 2. The Balaban J connectivity index is 1.75. The molecular formula is C21H19ClN2O3. The van der Waals surface area contributed by atoms with Crippen LogP contribution >= 0.6 is 11.6 Å². The van der Waals surface area contributed by atoms with E-state index in [1.54, 1.807) is 36.8 Å². The number of Topliss-reactive ketones (excluding diaryl/α,β-unsaturated/α-hetero) is 1. The van der Waals surface area contributed by atoms with Crippen LogP contribution in [0.15, 0.2) is 63.5 Å². The highest BCUT2D eigenvalue weighted by Crippen LogP contribution is 2.43. The lowest BCUT2D eigenvalue weighted by molar-refractivity contribution is -0.122. The standard InChI is InChI=1S/C21H19ClN2O3/c1-12-18(21(26)24-15-7-5-14(22)6-8-15)19(13-9-10-27-11-13)20-16(23-12)3-2-4-17(20)25/h5-11,19-20H,2-4H2,1H3,(H,24,26). The van der Waals surface area contributed by atoms with Crippen LogP contribution in [0.1, 0.15) is 37.7 Å². The van der Waals surface area contributed by atoms with E-state index in [4.69, 9.17) is 16.0 Å². The van der Waals surface area contributed by atoms with Crippen LogP contribution in [-0.4, -0.2) is 17.4 Å². The molecule has 1 aromatic carbocycles. The molecule has 4 rings (SSSR count). The number of carbonyl (C=O) groups is 2. The van der Waals surface area contributed by atoms with Crippen molar-refractivity contribution >= 4 is 34.7 Å². The molecule has 2 heterocycles. The number of benzene rings is 1. The van der Waals surface area contributed by atoms with Crippen LogP contribution in [0.5, 0.6) is 0 Å². The number of anilines is 1. The summed E-state index contributed by atoms with van der Waals surface area (Å²) in [7, 11) is 0. The molecule has 2 atom stereocenters. The molecule has 1 aromatic heterocycles. The number of ketones is 1. The zero-order valence-corrected chi connectivity index (χ0v) is 15.6. The van der Waals surface area contributed by atoms with Gasteiger partial charge in [0, 0.05) is 40.0 Å². The first-order chi connectivity index (χ1) is 13.0. The summed E-state index contributed by atoms with van der Waals surface area (Å²) in [6.07, 6.45) is 5.29. The van der Waals surface area contributed by atoms with Gasteiger partial charge in [0.25, 0.3) is 5.91 Å². The Morgan fingerprint density at radius 1 is 1.19 bits per heavy atom. The molecule has 1 aliphatic heterocycles. The molecule has 0 radical (unpaired) electrons. The summed E-state index contributed by atoms with van der Waals surface area (Å²) >= 11 is 5.92. The van der Waals surface area contributed by atoms with E-state index in [-0.39, 0.29) is 17.6 Å². The van der Waals surface area contributed by atoms with Gasteiger partial charge in [-0.3, -0.25) is 14.6 Å². The highest BCUT2D eigenvalue weighted by Gasteiger charge is 2.43. The summed E-state index contributed by atoms with van der Waals surface area (Å²) in [6.45, 7) is 1.83. The van der Waals surface area contributed by atoms with Crippen molar-refractivity contribution in [2.75, 3.05) is 5.32 Å². The number of nitrogens with one attached hydrogen (secondary N) is 1. The predicted molar refractivity (Wildman–Crippen MR) is 104 cm³/mol. The maximum absolute atomic E-state index is 13.1. The zero-order chi connectivity index (χ0) is 19.0. The third-order valence-corrected chi connectivity index (χ3v) is 5.41. The molecule has 2 unspecified atom stereocenters. The Kier molecular flexibility index (Phi) is 4.70. The van der Waals surface area contributed by atoms with Crippen molar-refractivity contribution in [1.82, 2.24) is 0 Å². The Hall–Kier alpha value is -2.66. The summed E-state index contributed by atoms with van der Waals surface area (Å²) in [5.41, 5.74) is 3.49. The lowest BCUT2D eigenvalue weighted by atomic mass is 9.70. The van der Waals surface area contributed by atoms with Crippen LogP contribution in [0.2, 0.25) is 5.02 Å². The number of hydrogen-bond donors (Lipinski definition) is 1. The topological polar surface area (TPSA) is 71.7 Å². The van der Waals surface area contributed by atoms with Gasteiger partial charge in [0.2, 0.25) is 0 Å². The van der Waals surface area contributed by atoms with E-state index in [0.717, 1.165) is 24.1 Å². The average molecular weight is 383 g/mol. The van der Waals surface area contributed by atoms with Crippen molar-refractivity contribution in [3.05, 3.63) is 64.7 Å². The molecule has 138 valence electrons. The number of rotatable bonds is 3. The highest BCUT2D eigenvalue weighted by atomic mass is 35.5. The van der Waals surface area contributed by atoms with Gasteiger partial charge in [-0.05, 0) is 55.7 Å². The molecule has 1 N–H and O–H groups in total. The maximum Gasteiger partial charge on any atom is 0.254 e. The average Bonchev–Trinajstić information content (AvgIpc) is 3.17. The van der Waals surface area contributed by atoms with E-state index < -0.39 is 5.92 Å². The third kappa shape index (κ3) is 3.35. The van der Waals surface area contributed by atoms with Crippen molar-refractivity contribution in [2.45, 2.75) is 32.1 Å². The van der Waals surface area contributed by atoms with Crippen LogP contribution in [0, 0.1) is 5.92 Å². The van der Waals surface area contributed by atoms with Gasteiger partial charge in [0.05, 0.1) is 18.4 Å².